The Balaban J connectivity index is 1.72. The standard InChI is InChI=1S/C18H35N3O12/c19-2-6-8(23)10(25)12(27)17(30-6)32-15-4(20)1-5(21)16(14(15)29)33-18-13(28)11(26)9(24)7(3-22)31-18/h4-18,22-29H,1-3,19-21H2/p+3/t4-,5+,6+,7+,8+,9+,10-,11-,12+,13+,14-,15+,16-,17+,18+/m0/s1. The highest BCUT2D eigenvalue weighted by molar-refractivity contribution is 4.97. The van der Waals surface area contributed by atoms with Crippen LogP contribution in [0, 0.1) is 0 Å². The summed E-state index contributed by atoms with van der Waals surface area (Å²) in [4.78, 5) is 0. The molecular formula is C18H38N3O12+3. The Bertz CT molecular complexity index is 582. The molecule has 2 saturated heterocycles. The molecule has 0 amide bonds. The summed E-state index contributed by atoms with van der Waals surface area (Å²) in [5.41, 5.74) is 11.5. The summed E-state index contributed by atoms with van der Waals surface area (Å²) in [6.45, 7) is -0.549. The van der Waals surface area contributed by atoms with Crippen molar-refractivity contribution in [3.05, 3.63) is 0 Å². The van der Waals surface area contributed by atoms with Gasteiger partial charge in [0.1, 0.15) is 85.8 Å². The van der Waals surface area contributed by atoms with Crippen molar-refractivity contribution in [2.24, 2.45) is 0 Å². The van der Waals surface area contributed by atoms with Gasteiger partial charge in [-0.25, -0.2) is 0 Å². The van der Waals surface area contributed by atoms with Crippen LogP contribution in [0.2, 0.25) is 0 Å². The van der Waals surface area contributed by atoms with Gasteiger partial charge in [0, 0.05) is 0 Å². The van der Waals surface area contributed by atoms with Crippen molar-refractivity contribution in [2.45, 2.75) is 98.2 Å². The van der Waals surface area contributed by atoms with Gasteiger partial charge in [0.05, 0.1) is 13.0 Å². The van der Waals surface area contributed by atoms with Crippen LogP contribution in [-0.4, -0.2) is 146 Å². The summed E-state index contributed by atoms with van der Waals surface area (Å²) in [6, 6.07) is -1.08. The van der Waals surface area contributed by atoms with E-state index in [0.717, 1.165) is 0 Å². The van der Waals surface area contributed by atoms with Crippen LogP contribution < -0.4 is 17.2 Å². The second-order valence-corrected chi connectivity index (χ2v) is 8.95. The maximum atomic E-state index is 11.0. The molecule has 15 atom stereocenters. The molecule has 3 fully saturated rings. The number of rotatable bonds is 6. The molecule has 3 rings (SSSR count). The Morgan fingerprint density at radius 2 is 1.06 bits per heavy atom. The fourth-order valence-corrected chi connectivity index (χ4v) is 4.54. The summed E-state index contributed by atoms with van der Waals surface area (Å²) in [5, 5.41) is 80.9. The van der Waals surface area contributed by atoms with Crippen LogP contribution in [0.15, 0.2) is 0 Å². The fraction of sp³-hybridized carbons (Fsp3) is 1.00. The molecule has 2 heterocycles. The van der Waals surface area contributed by atoms with Gasteiger partial charge in [0.2, 0.25) is 0 Å². The zero-order valence-corrected chi connectivity index (χ0v) is 18.1. The molecule has 15 nitrogen and oxygen atoms in total. The van der Waals surface area contributed by atoms with Crippen molar-refractivity contribution >= 4 is 0 Å². The van der Waals surface area contributed by atoms with E-state index in [2.05, 4.69) is 17.2 Å². The molecule has 0 spiro atoms. The van der Waals surface area contributed by atoms with E-state index < -0.39 is 98.4 Å². The predicted molar refractivity (Wildman–Crippen MR) is 102 cm³/mol. The molecular weight excluding hydrogens is 450 g/mol. The summed E-state index contributed by atoms with van der Waals surface area (Å²) in [5.74, 6) is 0. The van der Waals surface area contributed by atoms with Crippen LogP contribution in [0.3, 0.4) is 0 Å². The largest absolute Gasteiger partial charge is 0.394 e. The van der Waals surface area contributed by atoms with Gasteiger partial charge in [-0.2, -0.15) is 0 Å². The maximum absolute atomic E-state index is 11.0. The number of ether oxygens (including phenoxy) is 4. The average Bonchev–Trinajstić information content (AvgIpc) is 2.79. The summed E-state index contributed by atoms with van der Waals surface area (Å²) in [6.07, 6.45) is -17.7. The van der Waals surface area contributed by atoms with Crippen LogP contribution >= 0.6 is 0 Å². The van der Waals surface area contributed by atoms with Crippen LogP contribution in [0.1, 0.15) is 6.42 Å². The Morgan fingerprint density at radius 3 is 1.48 bits per heavy atom. The normalized spacial score (nSPS) is 53.7. The topological polar surface area (TPSA) is 282 Å². The van der Waals surface area contributed by atoms with E-state index in [1.54, 1.807) is 0 Å². The molecule has 194 valence electrons. The lowest BCUT2D eigenvalue weighted by Crippen LogP contribution is -2.83. The highest BCUT2D eigenvalue weighted by atomic mass is 16.7. The van der Waals surface area contributed by atoms with Crippen molar-refractivity contribution in [3.8, 4) is 0 Å². The Kier molecular flexibility index (Phi) is 8.99. The van der Waals surface area contributed by atoms with Gasteiger partial charge < -0.3 is 77.0 Å². The van der Waals surface area contributed by atoms with E-state index >= 15 is 0 Å². The quantitative estimate of drug-likeness (QED) is 0.166. The van der Waals surface area contributed by atoms with Crippen LogP contribution in [-0.2, 0) is 18.9 Å². The molecule has 33 heavy (non-hydrogen) atoms. The number of aliphatic hydroxyl groups excluding tert-OH is 8. The first-order chi connectivity index (χ1) is 15.5. The molecule has 2 aliphatic heterocycles. The molecule has 0 aromatic carbocycles. The third kappa shape index (κ3) is 5.32. The fourth-order valence-electron chi connectivity index (χ4n) is 4.54. The van der Waals surface area contributed by atoms with E-state index in [9.17, 15) is 40.9 Å². The second-order valence-electron chi connectivity index (χ2n) is 8.95. The van der Waals surface area contributed by atoms with Gasteiger partial charge in [-0.15, -0.1) is 0 Å². The van der Waals surface area contributed by atoms with Crippen LogP contribution in [0.5, 0.6) is 0 Å². The van der Waals surface area contributed by atoms with E-state index in [1.807, 2.05) is 0 Å². The highest BCUT2D eigenvalue weighted by Gasteiger charge is 2.54. The summed E-state index contributed by atoms with van der Waals surface area (Å²) < 4.78 is 22.4. The maximum Gasteiger partial charge on any atom is 0.187 e. The van der Waals surface area contributed by atoms with Crippen molar-refractivity contribution in [1.29, 1.82) is 0 Å². The van der Waals surface area contributed by atoms with Gasteiger partial charge in [-0.1, -0.05) is 0 Å². The third-order valence-electron chi connectivity index (χ3n) is 6.59. The van der Waals surface area contributed by atoms with Crippen molar-refractivity contribution in [3.63, 3.8) is 0 Å². The second kappa shape index (κ2) is 11.0. The monoisotopic (exact) mass is 488 g/mol. The van der Waals surface area contributed by atoms with E-state index in [-0.39, 0.29) is 13.0 Å². The third-order valence-corrected chi connectivity index (χ3v) is 6.59. The Hall–Kier alpha value is -0.600. The van der Waals surface area contributed by atoms with Gasteiger partial charge in [-0.05, 0) is 0 Å². The SMILES string of the molecule is [NH3+]C[C@H]1O[C@H](O[C@H]2[C@H](O)[C@@H](O[C@H]3O[C@H](CO)[C@@H](O)[C@H](O)[C@H]3O)[C@H]([NH3+])C[C@@H]2[NH3+])[C@H](O)[C@@H](O)[C@@H]1O. The predicted octanol–water partition coefficient (Wildman–Crippen LogP) is -9.41. The number of quaternary nitrogens is 3. The molecule has 3 aliphatic rings. The van der Waals surface area contributed by atoms with Gasteiger partial charge in [0.25, 0.3) is 0 Å². The molecule has 17 N–H and O–H groups in total. The lowest BCUT2D eigenvalue weighted by Gasteiger charge is -2.46. The molecule has 0 aromatic rings. The molecule has 1 saturated carbocycles. The van der Waals surface area contributed by atoms with E-state index in [1.165, 1.54) is 0 Å². The number of aliphatic hydroxyl groups is 8. The number of hydrogen-bond acceptors (Lipinski definition) is 12. The molecule has 1 aliphatic carbocycles. The molecule has 15 heteroatoms. The minimum absolute atomic E-state index is 0.0929. The summed E-state index contributed by atoms with van der Waals surface area (Å²) >= 11 is 0. The average molecular weight is 489 g/mol. The van der Waals surface area contributed by atoms with Gasteiger partial charge >= 0.3 is 0 Å². The Labute approximate surface area is 189 Å². The zero-order valence-electron chi connectivity index (χ0n) is 18.1. The minimum atomic E-state index is -1.67. The van der Waals surface area contributed by atoms with E-state index in [0.29, 0.717) is 0 Å². The van der Waals surface area contributed by atoms with Gasteiger partial charge in [-0.3, -0.25) is 0 Å². The first-order valence-electron chi connectivity index (χ1n) is 11.0. The summed E-state index contributed by atoms with van der Waals surface area (Å²) in [7, 11) is 0. The van der Waals surface area contributed by atoms with Gasteiger partial charge in [0.15, 0.2) is 12.6 Å². The lowest BCUT2D eigenvalue weighted by atomic mass is 9.84. The van der Waals surface area contributed by atoms with Crippen LogP contribution in [0.25, 0.3) is 0 Å². The zero-order chi connectivity index (χ0) is 24.6. The Morgan fingerprint density at radius 1 is 0.636 bits per heavy atom. The number of hydrogen-bond donors (Lipinski definition) is 11. The first kappa shape index (κ1) is 27.0. The molecule has 0 radical (unpaired) electrons. The van der Waals surface area contributed by atoms with Crippen LogP contribution in [0.4, 0.5) is 0 Å². The van der Waals surface area contributed by atoms with Crippen molar-refractivity contribution < 1.29 is 77.0 Å². The molecule has 0 bridgehead atoms. The first-order valence-corrected chi connectivity index (χ1v) is 11.0. The minimum Gasteiger partial charge on any atom is -0.394 e. The van der Waals surface area contributed by atoms with Crippen molar-refractivity contribution in [2.75, 3.05) is 13.2 Å². The van der Waals surface area contributed by atoms with Crippen molar-refractivity contribution in [1.82, 2.24) is 0 Å². The molecule has 0 aromatic heterocycles. The van der Waals surface area contributed by atoms with E-state index in [4.69, 9.17) is 18.9 Å². The smallest absolute Gasteiger partial charge is 0.187 e. The highest BCUT2D eigenvalue weighted by Crippen LogP contribution is 2.30. The molecule has 0 unspecified atom stereocenters. The lowest BCUT2D eigenvalue weighted by molar-refractivity contribution is -0.519.